The van der Waals surface area contributed by atoms with Crippen LogP contribution in [0.5, 0.6) is 5.75 Å². The van der Waals surface area contributed by atoms with Crippen molar-refractivity contribution in [3.05, 3.63) is 71.5 Å². The number of nitrogens with zero attached hydrogens (tertiary/aromatic N) is 2. The monoisotopic (exact) mass is 338 g/mol. The third kappa shape index (κ3) is 3.51. The standard InChI is InChI=1S/C19H18N2O2S/c1-14-4-3-5-17(10-14)21-9-8-20-19(21)24-13-16-11-15(12-22)6-7-18(16)23-2/h3-12H,13H2,1-2H3. The van der Waals surface area contributed by atoms with Crippen LogP contribution >= 0.6 is 11.8 Å². The number of imidazole rings is 1. The molecule has 0 saturated carbocycles. The molecular formula is C19H18N2O2S. The summed E-state index contributed by atoms with van der Waals surface area (Å²) in [5.41, 5.74) is 3.92. The van der Waals surface area contributed by atoms with Crippen LogP contribution in [0.3, 0.4) is 0 Å². The van der Waals surface area contributed by atoms with Gasteiger partial charge in [-0.3, -0.25) is 9.36 Å². The van der Waals surface area contributed by atoms with Gasteiger partial charge < -0.3 is 4.74 Å². The molecule has 2 aromatic carbocycles. The van der Waals surface area contributed by atoms with Gasteiger partial charge in [-0.2, -0.15) is 0 Å². The molecule has 0 aliphatic carbocycles. The van der Waals surface area contributed by atoms with Gasteiger partial charge in [0.1, 0.15) is 12.0 Å². The van der Waals surface area contributed by atoms with Crippen molar-refractivity contribution < 1.29 is 9.53 Å². The zero-order valence-electron chi connectivity index (χ0n) is 13.6. The number of rotatable bonds is 6. The highest BCUT2D eigenvalue weighted by Crippen LogP contribution is 2.29. The molecule has 0 aliphatic rings. The smallest absolute Gasteiger partial charge is 0.172 e. The second kappa shape index (κ2) is 7.36. The number of methoxy groups -OCH3 is 1. The molecule has 0 atom stereocenters. The molecule has 0 N–H and O–H groups in total. The molecule has 0 amide bonds. The molecule has 122 valence electrons. The molecule has 24 heavy (non-hydrogen) atoms. The Morgan fingerprint density at radius 2 is 2.12 bits per heavy atom. The van der Waals surface area contributed by atoms with E-state index in [9.17, 15) is 4.79 Å². The number of benzene rings is 2. The molecule has 4 nitrogen and oxygen atoms in total. The topological polar surface area (TPSA) is 44.1 Å². The van der Waals surface area contributed by atoms with E-state index in [-0.39, 0.29) is 0 Å². The maximum Gasteiger partial charge on any atom is 0.172 e. The van der Waals surface area contributed by atoms with E-state index in [0.29, 0.717) is 11.3 Å². The third-order valence-electron chi connectivity index (χ3n) is 3.68. The van der Waals surface area contributed by atoms with E-state index in [1.165, 1.54) is 5.56 Å². The Bertz CT molecular complexity index is 858. The molecule has 0 bridgehead atoms. The van der Waals surface area contributed by atoms with Gasteiger partial charge in [0.05, 0.1) is 7.11 Å². The van der Waals surface area contributed by atoms with Gasteiger partial charge in [-0.15, -0.1) is 0 Å². The molecule has 3 rings (SSSR count). The lowest BCUT2D eigenvalue weighted by atomic mass is 10.1. The number of aldehydes is 1. The highest BCUT2D eigenvalue weighted by molar-refractivity contribution is 7.98. The fourth-order valence-electron chi connectivity index (χ4n) is 2.50. The first-order valence-electron chi connectivity index (χ1n) is 7.56. The van der Waals surface area contributed by atoms with Crippen LogP contribution in [-0.4, -0.2) is 22.9 Å². The van der Waals surface area contributed by atoms with Gasteiger partial charge in [0.15, 0.2) is 5.16 Å². The van der Waals surface area contributed by atoms with Crippen molar-refractivity contribution in [2.75, 3.05) is 7.11 Å². The number of carbonyl (C=O) groups excluding carboxylic acids is 1. The van der Waals surface area contributed by atoms with E-state index in [2.05, 4.69) is 34.7 Å². The lowest BCUT2D eigenvalue weighted by Gasteiger charge is -2.11. The Hall–Kier alpha value is -2.53. The average molecular weight is 338 g/mol. The summed E-state index contributed by atoms with van der Waals surface area (Å²) in [6.07, 6.45) is 4.60. The third-order valence-corrected chi connectivity index (χ3v) is 4.70. The highest BCUT2D eigenvalue weighted by Gasteiger charge is 2.10. The second-order valence-corrected chi connectivity index (χ2v) is 6.34. The summed E-state index contributed by atoms with van der Waals surface area (Å²) >= 11 is 1.61. The van der Waals surface area contributed by atoms with Gasteiger partial charge in [-0.05, 0) is 42.8 Å². The summed E-state index contributed by atoms with van der Waals surface area (Å²) in [4.78, 5) is 15.4. The van der Waals surface area contributed by atoms with Crippen LogP contribution in [0.25, 0.3) is 5.69 Å². The van der Waals surface area contributed by atoms with Crippen LogP contribution in [0.1, 0.15) is 21.5 Å². The van der Waals surface area contributed by atoms with Gasteiger partial charge in [0, 0.05) is 35.0 Å². The summed E-state index contributed by atoms with van der Waals surface area (Å²) < 4.78 is 7.45. The van der Waals surface area contributed by atoms with Crippen molar-refractivity contribution in [3.8, 4) is 11.4 Å². The predicted octanol–water partition coefficient (Wildman–Crippen LogP) is 4.29. The number of carbonyl (C=O) groups is 1. The number of aryl methyl sites for hydroxylation is 1. The lowest BCUT2D eigenvalue weighted by molar-refractivity contribution is 0.112. The fraction of sp³-hybridized carbons (Fsp3) is 0.158. The van der Waals surface area contributed by atoms with Gasteiger partial charge in [0.2, 0.25) is 0 Å². The maximum atomic E-state index is 11.0. The van der Waals surface area contributed by atoms with Gasteiger partial charge >= 0.3 is 0 Å². The molecule has 1 heterocycles. The van der Waals surface area contributed by atoms with E-state index < -0.39 is 0 Å². The summed E-state index contributed by atoms with van der Waals surface area (Å²) in [6.45, 7) is 2.07. The zero-order chi connectivity index (χ0) is 16.9. The zero-order valence-corrected chi connectivity index (χ0v) is 14.4. The number of ether oxygens (including phenoxy) is 1. The normalized spacial score (nSPS) is 10.6. The van der Waals surface area contributed by atoms with E-state index in [1.807, 2.05) is 24.4 Å². The first kappa shape index (κ1) is 16.3. The van der Waals surface area contributed by atoms with Crippen LogP contribution < -0.4 is 4.74 Å². The number of thioether (sulfide) groups is 1. The van der Waals surface area contributed by atoms with Crippen LogP contribution in [0.4, 0.5) is 0 Å². The molecule has 0 radical (unpaired) electrons. The van der Waals surface area contributed by atoms with Crippen molar-refractivity contribution in [3.63, 3.8) is 0 Å². The Balaban J connectivity index is 1.84. The van der Waals surface area contributed by atoms with Crippen molar-refractivity contribution in [2.45, 2.75) is 17.8 Å². The van der Waals surface area contributed by atoms with E-state index >= 15 is 0 Å². The predicted molar refractivity (Wildman–Crippen MR) is 96.2 cm³/mol. The fourth-order valence-corrected chi connectivity index (χ4v) is 3.45. The molecule has 0 saturated heterocycles. The molecule has 5 heteroatoms. The Kier molecular flexibility index (Phi) is 5.01. The lowest BCUT2D eigenvalue weighted by Crippen LogP contribution is -1.97. The molecule has 0 spiro atoms. The summed E-state index contributed by atoms with van der Waals surface area (Å²) in [5.74, 6) is 1.45. The van der Waals surface area contributed by atoms with Crippen LogP contribution in [0.15, 0.2) is 60.0 Å². The Morgan fingerprint density at radius 3 is 2.88 bits per heavy atom. The van der Waals surface area contributed by atoms with Crippen LogP contribution in [-0.2, 0) is 5.75 Å². The Morgan fingerprint density at radius 1 is 1.25 bits per heavy atom. The van der Waals surface area contributed by atoms with Crippen molar-refractivity contribution in [2.24, 2.45) is 0 Å². The minimum atomic E-state index is 0.647. The number of hydrogen-bond acceptors (Lipinski definition) is 4. The van der Waals surface area contributed by atoms with E-state index in [1.54, 1.807) is 31.1 Å². The summed E-state index contributed by atoms with van der Waals surface area (Å²) in [5, 5.41) is 0.902. The molecular weight excluding hydrogens is 320 g/mol. The van der Waals surface area contributed by atoms with Crippen molar-refractivity contribution in [1.29, 1.82) is 0 Å². The maximum absolute atomic E-state index is 11.0. The minimum absolute atomic E-state index is 0.647. The molecule has 0 fully saturated rings. The SMILES string of the molecule is COc1ccc(C=O)cc1CSc1nccn1-c1cccc(C)c1. The molecule has 1 aromatic heterocycles. The van der Waals surface area contributed by atoms with Crippen LogP contribution in [0.2, 0.25) is 0 Å². The summed E-state index contributed by atoms with van der Waals surface area (Å²) in [7, 11) is 1.64. The summed E-state index contributed by atoms with van der Waals surface area (Å²) in [6, 6.07) is 13.7. The minimum Gasteiger partial charge on any atom is -0.496 e. The molecule has 0 unspecified atom stereocenters. The first-order valence-corrected chi connectivity index (χ1v) is 8.55. The van der Waals surface area contributed by atoms with Crippen molar-refractivity contribution in [1.82, 2.24) is 9.55 Å². The van der Waals surface area contributed by atoms with Gasteiger partial charge in [0.25, 0.3) is 0 Å². The molecule has 0 aliphatic heterocycles. The largest absolute Gasteiger partial charge is 0.496 e. The quantitative estimate of drug-likeness (QED) is 0.497. The average Bonchev–Trinajstić information content (AvgIpc) is 3.08. The first-order chi connectivity index (χ1) is 11.7. The van der Waals surface area contributed by atoms with Crippen molar-refractivity contribution >= 4 is 18.0 Å². The second-order valence-electron chi connectivity index (χ2n) is 5.40. The van der Waals surface area contributed by atoms with Crippen LogP contribution in [0, 0.1) is 6.92 Å². The number of hydrogen-bond donors (Lipinski definition) is 0. The van der Waals surface area contributed by atoms with E-state index in [0.717, 1.165) is 28.4 Å². The number of aromatic nitrogens is 2. The Labute approximate surface area is 145 Å². The van der Waals surface area contributed by atoms with Gasteiger partial charge in [-0.25, -0.2) is 4.98 Å². The molecule has 3 aromatic rings. The van der Waals surface area contributed by atoms with Gasteiger partial charge in [-0.1, -0.05) is 23.9 Å². The highest BCUT2D eigenvalue weighted by atomic mass is 32.2. The van der Waals surface area contributed by atoms with E-state index in [4.69, 9.17) is 4.74 Å².